The Balaban J connectivity index is 0.00000243. The van der Waals surface area contributed by atoms with Gasteiger partial charge in [0, 0.05) is 6.54 Å². The molecule has 1 saturated heterocycles. The Bertz CT molecular complexity index is 737. The maximum absolute atomic E-state index is 13.2. The summed E-state index contributed by atoms with van der Waals surface area (Å²) in [6, 6.07) is 15.6. The third kappa shape index (κ3) is 4.23. The Labute approximate surface area is 159 Å². The molecule has 3 atom stereocenters. The molecule has 0 spiro atoms. The second-order valence-electron chi connectivity index (χ2n) is 6.77. The summed E-state index contributed by atoms with van der Waals surface area (Å²) in [4.78, 5) is 14.8. The molecule has 1 amide bonds. The van der Waals surface area contributed by atoms with Crippen molar-refractivity contribution in [1.29, 1.82) is 0 Å². The van der Waals surface area contributed by atoms with Crippen LogP contribution in [0.2, 0.25) is 0 Å². The Hall–Kier alpha value is -1.95. The summed E-state index contributed by atoms with van der Waals surface area (Å²) in [7, 11) is 0. The lowest BCUT2D eigenvalue weighted by atomic mass is 9.91. The van der Waals surface area contributed by atoms with Crippen molar-refractivity contribution in [2.75, 3.05) is 13.1 Å². The zero-order valence-electron chi connectivity index (χ0n) is 14.9. The zero-order valence-corrected chi connectivity index (χ0v) is 15.7. The lowest BCUT2D eigenvalue weighted by Crippen LogP contribution is -2.55. The lowest BCUT2D eigenvalue weighted by molar-refractivity contribution is -0.150. The van der Waals surface area contributed by atoms with Gasteiger partial charge >= 0.3 is 0 Å². The second kappa shape index (κ2) is 8.16. The van der Waals surface area contributed by atoms with E-state index in [1.807, 2.05) is 37.3 Å². The van der Waals surface area contributed by atoms with Crippen LogP contribution in [0, 0.1) is 5.82 Å². The van der Waals surface area contributed by atoms with Gasteiger partial charge in [-0.2, -0.15) is 0 Å². The number of carbonyl (C=O) groups excluding carboxylic acids is 1. The SMILES string of the molecule is CC1CN(C(=O)C(C)(N)c2ccccc2)CC(c2ccc(F)cc2)O1.Cl. The largest absolute Gasteiger partial charge is 0.367 e. The molecule has 1 heterocycles. The maximum Gasteiger partial charge on any atom is 0.247 e. The van der Waals surface area contributed by atoms with Gasteiger partial charge in [0.05, 0.1) is 12.6 Å². The van der Waals surface area contributed by atoms with E-state index < -0.39 is 5.54 Å². The molecular weight excluding hydrogens is 355 g/mol. The standard InChI is InChI=1S/C20H23FN2O2.ClH/c1-14-12-23(13-18(25-14)15-8-10-17(21)11-9-15)19(24)20(2,22)16-6-4-3-5-7-16;/h3-11,14,18H,12-13,22H2,1-2H3;1H. The van der Waals surface area contributed by atoms with Gasteiger partial charge in [0.25, 0.3) is 0 Å². The van der Waals surface area contributed by atoms with E-state index in [9.17, 15) is 9.18 Å². The van der Waals surface area contributed by atoms with Crippen molar-refractivity contribution in [2.24, 2.45) is 5.73 Å². The van der Waals surface area contributed by atoms with E-state index in [1.165, 1.54) is 12.1 Å². The van der Waals surface area contributed by atoms with Crippen LogP contribution in [0.1, 0.15) is 31.1 Å². The van der Waals surface area contributed by atoms with Crippen molar-refractivity contribution in [3.63, 3.8) is 0 Å². The van der Waals surface area contributed by atoms with Crippen molar-refractivity contribution in [2.45, 2.75) is 31.6 Å². The first-order chi connectivity index (χ1) is 11.9. The Morgan fingerprint density at radius 1 is 1.15 bits per heavy atom. The number of rotatable bonds is 3. The summed E-state index contributed by atoms with van der Waals surface area (Å²) in [6.07, 6.45) is -0.417. The molecular formula is C20H24ClFN2O2. The summed E-state index contributed by atoms with van der Waals surface area (Å²) >= 11 is 0. The highest BCUT2D eigenvalue weighted by Gasteiger charge is 2.38. The number of ether oxygens (including phenoxy) is 1. The van der Waals surface area contributed by atoms with Crippen LogP contribution in [0.5, 0.6) is 0 Å². The number of hydrogen-bond acceptors (Lipinski definition) is 3. The van der Waals surface area contributed by atoms with E-state index in [0.29, 0.717) is 13.1 Å². The van der Waals surface area contributed by atoms with E-state index >= 15 is 0 Å². The Morgan fingerprint density at radius 3 is 2.38 bits per heavy atom. The molecule has 0 saturated carbocycles. The third-order valence-electron chi connectivity index (χ3n) is 4.61. The number of carbonyl (C=O) groups is 1. The third-order valence-corrected chi connectivity index (χ3v) is 4.61. The smallest absolute Gasteiger partial charge is 0.247 e. The van der Waals surface area contributed by atoms with Gasteiger partial charge in [0.1, 0.15) is 17.5 Å². The lowest BCUT2D eigenvalue weighted by Gasteiger charge is -2.40. The van der Waals surface area contributed by atoms with Crippen LogP contribution in [-0.4, -0.2) is 30.0 Å². The molecule has 4 nitrogen and oxygen atoms in total. The first kappa shape index (κ1) is 20.4. The molecule has 3 unspecified atom stereocenters. The number of amides is 1. The van der Waals surface area contributed by atoms with E-state index in [0.717, 1.165) is 11.1 Å². The average Bonchev–Trinajstić information content (AvgIpc) is 2.62. The minimum Gasteiger partial charge on any atom is -0.367 e. The Morgan fingerprint density at radius 2 is 1.77 bits per heavy atom. The summed E-state index contributed by atoms with van der Waals surface area (Å²) < 4.78 is 19.1. The minimum atomic E-state index is -1.11. The van der Waals surface area contributed by atoms with Crippen molar-refractivity contribution in [3.8, 4) is 0 Å². The molecule has 1 aliphatic rings. The monoisotopic (exact) mass is 378 g/mol. The fraction of sp³-hybridized carbons (Fsp3) is 0.350. The average molecular weight is 379 g/mol. The number of nitrogens with zero attached hydrogens (tertiary/aromatic N) is 1. The molecule has 140 valence electrons. The second-order valence-corrected chi connectivity index (χ2v) is 6.77. The van der Waals surface area contributed by atoms with E-state index in [2.05, 4.69) is 0 Å². The van der Waals surface area contributed by atoms with Crippen LogP contribution in [-0.2, 0) is 15.1 Å². The van der Waals surface area contributed by atoms with Crippen molar-refractivity contribution < 1.29 is 13.9 Å². The number of nitrogens with two attached hydrogens (primary N) is 1. The number of morpholine rings is 1. The van der Waals surface area contributed by atoms with E-state index in [4.69, 9.17) is 10.5 Å². The Kier molecular flexibility index (Phi) is 6.39. The van der Waals surface area contributed by atoms with Crippen LogP contribution in [0.25, 0.3) is 0 Å². The molecule has 0 radical (unpaired) electrons. The molecule has 1 fully saturated rings. The molecule has 2 N–H and O–H groups in total. The van der Waals surface area contributed by atoms with E-state index in [-0.39, 0.29) is 36.3 Å². The predicted molar refractivity (Wildman–Crippen MR) is 101 cm³/mol. The summed E-state index contributed by atoms with van der Waals surface area (Å²) in [5, 5.41) is 0. The number of benzene rings is 2. The highest BCUT2D eigenvalue weighted by Crippen LogP contribution is 2.28. The fourth-order valence-electron chi connectivity index (χ4n) is 3.22. The molecule has 2 aromatic rings. The van der Waals surface area contributed by atoms with Gasteiger partial charge in [-0.05, 0) is 37.1 Å². The van der Waals surface area contributed by atoms with Gasteiger partial charge in [0.15, 0.2) is 0 Å². The fourth-order valence-corrected chi connectivity index (χ4v) is 3.22. The van der Waals surface area contributed by atoms with Crippen LogP contribution in [0.3, 0.4) is 0 Å². The van der Waals surface area contributed by atoms with Gasteiger partial charge in [-0.3, -0.25) is 4.79 Å². The summed E-state index contributed by atoms with van der Waals surface area (Å²) in [5.74, 6) is -0.430. The first-order valence-electron chi connectivity index (χ1n) is 8.42. The molecule has 0 bridgehead atoms. The predicted octanol–water partition coefficient (Wildman–Crippen LogP) is 3.41. The normalized spacial score (nSPS) is 22.2. The summed E-state index contributed by atoms with van der Waals surface area (Å²) in [6.45, 7) is 4.54. The van der Waals surface area contributed by atoms with Gasteiger partial charge < -0.3 is 15.4 Å². The van der Waals surface area contributed by atoms with Gasteiger partial charge in [-0.15, -0.1) is 12.4 Å². The van der Waals surface area contributed by atoms with Crippen LogP contribution < -0.4 is 5.73 Å². The number of hydrogen-bond donors (Lipinski definition) is 1. The molecule has 6 heteroatoms. The highest BCUT2D eigenvalue weighted by atomic mass is 35.5. The number of halogens is 2. The van der Waals surface area contributed by atoms with Crippen molar-refractivity contribution in [1.82, 2.24) is 4.90 Å². The topological polar surface area (TPSA) is 55.6 Å². The molecule has 2 aromatic carbocycles. The molecule has 26 heavy (non-hydrogen) atoms. The highest BCUT2D eigenvalue weighted by molar-refractivity contribution is 5.87. The van der Waals surface area contributed by atoms with E-state index in [1.54, 1.807) is 24.0 Å². The van der Waals surface area contributed by atoms with Gasteiger partial charge in [-0.1, -0.05) is 42.5 Å². The zero-order chi connectivity index (χ0) is 18.0. The first-order valence-corrected chi connectivity index (χ1v) is 8.42. The molecule has 0 aliphatic carbocycles. The van der Waals surface area contributed by atoms with Gasteiger partial charge in [0.2, 0.25) is 5.91 Å². The minimum absolute atomic E-state index is 0. The molecule has 3 rings (SSSR count). The van der Waals surface area contributed by atoms with Crippen molar-refractivity contribution >= 4 is 18.3 Å². The van der Waals surface area contributed by atoms with Crippen LogP contribution in [0.15, 0.2) is 54.6 Å². The molecule has 1 aliphatic heterocycles. The quantitative estimate of drug-likeness (QED) is 0.890. The maximum atomic E-state index is 13.2. The van der Waals surface area contributed by atoms with Gasteiger partial charge in [-0.25, -0.2) is 4.39 Å². The van der Waals surface area contributed by atoms with Crippen LogP contribution in [0.4, 0.5) is 4.39 Å². The summed E-state index contributed by atoms with van der Waals surface area (Å²) in [5.41, 5.74) is 6.90. The van der Waals surface area contributed by atoms with Crippen LogP contribution >= 0.6 is 12.4 Å². The molecule has 0 aromatic heterocycles. The van der Waals surface area contributed by atoms with Crippen molar-refractivity contribution in [3.05, 3.63) is 71.5 Å².